The molecule has 0 heterocycles. The number of benzene rings is 1. The Morgan fingerprint density at radius 3 is 2.57 bits per heavy atom. The van der Waals surface area contributed by atoms with Crippen LogP contribution in [0.4, 0.5) is 0 Å². The Morgan fingerprint density at radius 1 is 1.36 bits per heavy atom. The molecule has 0 unspecified atom stereocenters. The average molecular weight is 233 g/mol. The van der Waals surface area contributed by atoms with Crippen molar-refractivity contribution in [3.8, 4) is 5.75 Å². The fraction of sp³-hybridized carbons (Fsp3) is 0.111. The molecule has 1 rings (SSSR count). The second-order valence-electron chi connectivity index (χ2n) is 2.52. The summed E-state index contributed by atoms with van der Waals surface area (Å²) >= 11 is 0. The van der Waals surface area contributed by atoms with Gasteiger partial charge in [0.15, 0.2) is 0 Å². The molecule has 0 bridgehead atoms. The maximum absolute atomic E-state index is 10.6. The molecular formula is C9H9ClO3S. The van der Waals surface area contributed by atoms with E-state index in [1.807, 2.05) is 0 Å². The fourth-order valence-electron chi connectivity index (χ4n) is 0.959. The van der Waals surface area contributed by atoms with Gasteiger partial charge in [0.25, 0.3) is 9.05 Å². The number of methoxy groups -OCH3 is 1. The second-order valence-corrected chi connectivity index (χ2v) is 5.03. The number of hydrogen-bond acceptors (Lipinski definition) is 3. The Labute approximate surface area is 87.4 Å². The van der Waals surface area contributed by atoms with E-state index < -0.39 is 9.05 Å². The van der Waals surface area contributed by atoms with Crippen molar-refractivity contribution in [1.29, 1.82) is 0 Å². The van der Waals surface area contributed by atoms with Crippen molar-refractivity contribution in [2.24, 2.45) is 0 Å². The predicted octanol–water partition coefficient (Wildman–Crippen LogP) is 2.23. The van der Waals surface area contributed by atoms with E-state index in [1.54, 1.807) is 24.3 Å². The van der Waals surface area contributed by atoms with Gasteiger partial charge in [-0.05, 0) is 12.1 Å². The van der Waals surface area contributed by atoms with Crippen LogP contribution in [0.5, 0.6) is 5.75 Å². The highest BCUT2D eigenvalue weighted by molar-refractivity contribution is 8.16. The lowest BCUT2D eigenvalue weighted by Crippen LogP contribution is -1.86. The molecule has 0 spiro atoms. The molecule has 1 aromatic rings. The number of hydrogen-bond donors (Lipinski definition) is 0. The zero-order valence-electron chi connectivity index (χ0n) is 7.48. The molecule has 5 heteroatoms. The van der Waals surface area contributed by atoms with Gasteiger partial charge in [-0.1, -0.05) is 18.2 Å². The molecule has 0 radical (unpaired) electrons. The van der Waals surface area contributed by atoms with Crippen LogP contribution in [0, 0.1) is 0 Å². The molecule has 0 aliphatic rings. The standard InChI is InChI=1S/C9H9ClO3S/c1-13-9-5-3-2-4-8(9)6-7-14(10,11)12/h2-7H,1H3/b7-6-. The Kier molecular flexibility index (Phi) is 3.55. The van der Waals surface area contributed by atoms with Gasteiger partial charge in [0.1, 0.15) is 5.75 Å². The lowest BCUT2D eigenvalue weighted by Gasteiger charge is -2.02. The van der Waals surface area contributed by atoms with Crippen molar-refractivity contribution < 1.29 is 13.2 Å². The second kappa shape index (κ2) is 4.48. The number of ether oxygens (including phenoxy) is 1. The van der Waals surface area contributed by atoms with Crippen LogP contribution in [-0.2, 0) is 9.05 Å². The normalized spacial score (nSPS) is 11.9. The molecule has 3 nitrogen and oxygen atoms in total. The highest BCUT2D eigenvalue weighted by atomic mass is 35.7. The summed E-state index contributed by atoms with van der Waals surface area (Å²) in [6.07, 6.45) is 1.39. The number of rotatable bonds is 3. The third-order valence-electron chi connectivity index (χ3n) is 1.55. The summed E-state index contributed by atoms with van der Waals surface area (Å²) in [5.41, 5.74) is 0.666. The van der Waals surface area contributed by atoms with E-state index in [-0.39, 0.29) is 0 Å². The SMILES string of the molecule is COc1ccccc1/C=C\S(=O)(=O)Cl. The first kappa shape index (κ1) is 11.1. The van der Waals surface area contributed by atoms with Crippen molar-refractivity contribution in [2.45, 2.75) is 0 Å². The van der Waals surface area contributed by atoms with Gasteiger partial charge in [0.2, 0.25) is 0 Å². The van der Waals surface area contributed by atoms with E-state index in [9.17, 15) is 8.42 Å². The summed E-state index contributed by atoms with van der Waals surface area (Å²) in [4.78, 5) is 0. The van der Waals surface area contributed by atoms with Gasteiger partial charge in [-0.3, -0.25) is 0 Å². The van der Waals surface area contributed by atoms with Gasteiger partial charge in [-0.25, -0.2) is 8.42 Å². The van der Waals surface area contributed by atoms with Gasteiger partial charge < -0.3 is 4.74 Å². The summed E-state index contributed by atoms with van der Waals surface area (Å²) in [5.74, 6) is 0.601. The minimum Gasteiger partial charge on any atom is -0.496 e. The molecule has 0 atom stereocenters. The van der Waals surface area contributed by atoms with Crippen LogP contribution in [0.2, 0.25) is 0 Å². The first-order valence-electron chi connectivity index (χ1n) is 3.79. The largest absolute Gasteiger partial charge is 0.496 e. The first-order valence-corrected chi connectivity index (χ1v) is 6.16. The Bertz CT molecular complexity index is 437. The van der Waals surface area contributed by atoms with Gasteiger partial charge in [-0.2, -0.15) is 0 Å². The highest BCUT2D eigenvalue weighted by Gasteiger charge is 2.00. The molecule has 0 aliphatic heterocycles. The van der Waals surface area contributed by atoms with E-state index in [1.165, 1.54) is 13.2 Å². The lowest BCUT2D eigenvalue weighted by molar-refractivity contribution is 0.414. The van der Waals surface area contributed by atoms with Crippen LogP contribution in [0.1, 0.15) is 5.56 Å². The number of para-hydroxylation sites is 1. The monoisotopic (exact) mass is 232 g/mol. The van der Waals surface area contributed by atoms with Crippen LogP contribution in [0.3, 0.4) is 0 Å². The summed E-state index contributed by atoms with van der Waals surface area (Å²) in [6, 6.07) is 7.05. The topological polar surface area (TPSA) is 43.4 Å². The summed E-state index contributed by atoms with van der Waals surface area (Å²) in [5, 5.41) is 0.923. The zero-order valence-corrected chi connectivity index (χ0v) is 9.05. The molecule has 0 amide bonds. The van der Waals surface area contributed by atoms with Crippen molar-refractivity contribution in [1.82, 2.24) is 0 Å². The zero-order chi connectivity index (χ0) is 10.6. The molecule has 0 aliphatic carbocycles. The van der Waals surface area contributed by atoms with Crippen molar-refractivity contribution in [3.05, 3.63) is 35.2 Å². The molecular weight excluding hydrogens is 224 g/mol. The highest BCUT2D eigenvalue weighted by Crippen LogP contribution is 2.19. The third-order valence-corrected chi connectivity index (χ3v) is 2.32. The average Bonchev–Trinajstić information content (AvgIpc) is 2.14. The molecule has 14 heavy (non-hydrogen) atoms. The maximum Gasteiger partial charge on any atom is 0.254 e. The molecule has 0 saturated carbocycles. The summed E-state index contributed by atoms with van der Waals surface area (Å²) in [6.45, 7) is 0. The van der Waals surface area contributed by atoms with Gasteiger partial charge in [0.05, 0.1) is 7.11 Å². The Balaban J connectivity index is 3.03. The Hall–Kier alpha value is -1.00. The van der Waals surface area contributed by atoms with Gasteiger partial charge in [0, 0.05) is 21.7 Å². The van der Waals surface area contributed by atoms with E-state index in [0.717, 1.165) is 5.41 Å². The van der Waals surface area contributed by atoms with Crippen LogP contribution in [0.25, 0.3) is 6.08 Å². The molecule has 0 aromatic heterocycles. The van der Waals surface area contributed by atoms with E-state index in [2.05, 4.69) is 0 Å². The van der Waals surface area contributed by atoms with Crippen LogP contribution in [-0.4, -0.2) is 15.5 Å². The van der Waals surface area contributed by atoms with Gasteiger partial charge in [-0.15, -0.1) is 0 Å². The smallest absolute Gasteiger partial charge is 0.254 e. The number of halogens is 1. The van der Waals surface area contributed by atoms with Crippen molar-refractivity contribution in [2.75, 3.05) is 7.11 Å². The minimum absolute atomic E-state index is 0.601. The first-order chi connectivity index (χ1) is 6.53. The van der Waals surface area contributed by atoms with E-state index in [4.69, 9.17) is 15.4 Å². The lowest BCUT2D eigenvalue weighted by atomic mass is 10.2. The predicted molar refractivity (Wildman–Crippen MR) is 56.8 cm³/mol. The Morgan fingerprint density at radius 2 is 2.00 bits per heavy atom. The minimum atomic E-state index is -3.61. The summed E-state index contributed by atoms with van der Waals surface area (Å²) in [7, 11) is 2.93. The molecule has 0 N–H and O–H groups in total. The van der Waals surface area contributed by atoms with Crippen molar-refractivity contribution in [3.63, 3.8) is 0 Å². The van der Waals surface area contributed by atoms with Crippen LogP contribution >= 0.6 is 10.7 Å². The van der Waals surface area contributed by atoms with Crippen LogP contribution in [0.15, 0.2) is 29.7 Å². The van der Waals surface area contributed by atoms with Crippen LogP contribution < -0.4 is 4.74 Å². The fourth-order valence-corrected chi connectivity index (χ4v) is 1.42. The van der Waals surface area contributed by atoms with Gasteiger partial charge >= 0.3 is 0 Å². The van der Waals surface area contributed by atoms with E-state index in [0.29, 0.717) is 11.3 Å². The maximum atomic E-state index is 10.6. The molecule has 76 valence electrons. The summed E-state index contributed by atoms with van der Waals surface area (Å²) < 4.78 is 26.3. The van der Waals surface area contributed by atoms with Crippen molar-refractivity contribution >= 4 is 25.8 Å². The third kappa shape index (κ3) is 3.40. The molecule has 1 aromatic carbocycles. The quantitative estimate of drug-likeness (QED) is 0.751. The molecule has 0 fully saturated rings. The molecule has 0 saturated heterocycles. The van der Waals surface area contributed by atoms with E-state index >= 15 is 0 Å².